The highest BCUT2D eigenvalue weighted by molar-refractivity contribution is 5.94. The number of anilines is 2. The van der Waals surface area contributed by atoms with Crippen molar-refractivity contribution >= 4 is 17.3 Å². The highest BCUT2D eigenvalue weighted by atomic mass is 16.5. The number of nitrogen functional groups attached to an aromatic ring is 1. The Bertz CT molecular complexity index is 698. The highest BCUT2D eigenvalue weighted by Crippen LogP contribution is 2.36. The lowest BCUT2D eigenvalue weighted by molar-refractivity contribution is -0.116. The third kappa shape index (κ3) is 2.68. The summed E-state index contributed by atoms with van der Waals surface area (Å²) in [7, 11) is 0. The van der Waals surface area contributed by atoms with Crippen molar-refractivity contribution in [3.63, 3.8) is 0 Å². The SMILES string of the molecule is Nc1cc2c(cc1Oc1ccccc1CO)NC(=O)CC2. The molecule has 0 fully saturated rings. The average molecular weight is 284 g/mol. The van der Waals surface area contributed by atoms with Crippen LogP contribution in [-0.4, -0.2) is 11.0 Å². The van der Waals surface area contributed by atoms with Crippen LogP contribution in [0.5, 0.6) is 11.5 Å². The lowest BCUT2D eigenvalue weighted by Crippen LogP contribution is -2.19. The van der Waals surface area contributed by atoms with Crippen LogP contribution in [0.2, 0.25) is 0 Å². The Kier molecular flexibility index (Phi) is 3.50. The van der Waals surface area contributed by atoms with Gasteiger partial charge in [-0.05, 0) is 24.1 Å². The molecule has 1 amide bonds. The van der Waals surface area contributed by atoms with Crippen molar-refractivity contribution in [2.75, 3.05) is 11.1 Å². The number of benzene rings is 2. The molecule has 21 heavy (non-hydrogen) atoms. The van der Waals surface area contributed by atoms with Crippen LogP contribution < -0.4 is 15.8 Å². The molecule has 2 aromatic rings. The van der Waals surface area contributed by atoms with Gasteiger partial charge in [-0.15, -0.1) is 0 Å². The average Bonchev–Trinajstić information content (AvgIpc) is 2.49. The van der Waals surface area contributed by atoms with Crippen molar-refractivity contribution in [2.24, 2.45) is 0 Å². The molecule has 0 atom stereocenters. The Balaban J connectivity index is 1.95. The number of aliphatic hydroxyl groups excluding tert-OH is 1. The van der Waals surface area contributed by atoms with Gasteiger partial charge in [-0.25, -0.2) is 0 Å². The van der Waals surface area contributed by atoms with Gasteiger partial charge in [0.15, 0.2) is 5.75 Å². The van der Waals surface area contributed by atoms with Crippen molar-refractivity contribution in [3.8, 4) is 11.5 Å². The molecule has 1 aliphatic rings. The van der Waals surface area contributed by atoms with Gasteiger partial charge in [0, 0.05) is 23.7 Å². The van der Waals surface area contributed by atoms with Crippen LogP contribution >= 0.6 is 0 Å². The van der Waals surface area contributed by atoms with Gasteiger partial charge in [-0.3, -0.25) is 4.79 Å². The molecular formula is C16H16N2O3. The molecule has 0 aromatic heterocycles. The summed E-state index contributed by atoms with van der Waals surface area (Å²) < 4.78 is 5.80. The monoisotopic (exact) mass is 284 g/mol. The lowest BCUT2D eigenvalue weighted by atomic mass is 10.0. The Morgan fingerprint density at radius 3 is 2.81 bits per heavy atom. The maximum Gasteiger partial charge on any atom is 0.224 e. The number of para-hydroxylation sites is 1. The maximum absolute atomic E-state index is 11.5. The van der Waals surface area contributed by atoms with Gasteiger partial charge >= 0.3 is 0 Å². The van der Waals surface area contributed by atoms with Gasteiger partial charge in [0.1, 0.15) is 5.75 Å². The third-order valence-corrected chi connectivity index (χ3v) is 3.49. The largest absolute Gasteiger partial charge is 0.455 e. The van der Waals surface area contributed by atoms with E-state index >= 15 is 0 Å². The van der Waals surface area contributed by atoms with Crippen LogP contribution in [0.3, 0.4) is 0 Å². The van der Waals surface area contributed by atoms with E-state index in [4.69, 9.17) is 10.5 Å². The molecule has 0 saturated heterocycles. The normalized spacial score (nSPS) is 13.5. The first kappa shape index (κ1) is 13.5. The number of nitrogens with two attached hydrogens (primary N) is 1. The third-order valence-electron chi connectivity index (χ3n) is 3.49. The van der Waals surface area contributed by atoms with Gasteiger partial charge in [0.05, 0.1) is 12.3 Å². The highest BCUT2D eigenvalue weighted by Gasteiger charge is 2.17. The zero-order valence-electron chi connectivity index (χ0n) is 11.4. The molecule has 1 heterocycles. The number of aryl methyl sites for hydroxylation is 1. The number of rotatable bonds is 3. The number of fused-ring (bicyclic) bond motifs is 1. The first-order chi connectivity index (χ1) is 10.2. The molecule has 0 spiro atoms. The fraction of sp³-hybridized carbons (Fsp3) is 0.188. The van der Waals surface area contributed by atoms with Crippen LogP contribution in [0, 0.1) is 0 Å². The van der Waals surface area contributed by atoms with Gasteiger partial charge in [-0.2, -0.15) is 0 Å². The fourth-order valence-corrected chi connectivity index (χ4v) is 2.37. The van der Waals surface area contributed by atoms with E-state index in [1.807, 2.05) is 18.2 Å². The molecule has 0 saturated carbocycles. The van der Waals surface area contributed by atoms with Gasteiger partial charge in [0.25, 0.3) is 0 Å². The summed E-state index contributed by atoms with van der Waals surface area (Å²) in [6.45, 7) is -0.113. The number of carbonyl (C=O) groups is 1. The molecule has 0 bridgehead atoms. The summed E-state index contributed by atoms with van der Waals surface area (Å²) in [5.41, 5.74) is 8.95. The van der Waals surface area contributed by atoms with Crippen molar-refractivity contribution in [1.29, 1.82) is 0 Å². The summed E-state index contributed by atoms with van der Waals surface area (Å²) >= 11 is 0. The zero-order valence-corrected chi connectivity index (χ0v) is 11.4. The Morgan fingerprint density at radius 2 is 2.00 bits per heavy atom. The van der Waals surface area contributed by atoms with E-state index < -0.39 is 0 Å². The summed E-state index contributed by atoms with van der Waals surface area (Å²) in [5.74, 6) is 1.01. The van der Waals surface area contributed by atoms with Gasteiger partial charge < -0.3 is 20.9 Å². The second-order valence-corrected chi connectivity index (χ2v) is 4.96. The number of carbonyl (C=O) groups excluding carboxylic acids is 1. The van der Waals surface area contributed by atoms with Crippen LogP contribution in [-0.2, 0) is 17.8 Å². The minimum absolute atomic E-state index is 0.00557. The second-order valence-electron chi connectivity index (χ2n) is 4.96. The maximum atomic E-state index is 11.5. The number of amides is 1. The van der Waals surface area contributed by atoms with Gasteiger partial charge in [-0.1, -0.05) is 18.2 Å². The molecule has 4 N–H and O–H groups in total. The molecule has 0 unspecified atom stereocenters. The first-order valence-corrected chi connectivity index (χ1v) is 6.76. The molecule has 5 nitrogen and oxygen atoms in total. The molecule has 5 heteroatoms. The van der Waals surface area contributed by atoms with Crippen LogP contribution in [0.4, 0.5) is 11.4 Å². The van der Waals surface area contributed by atoms with E-state index in [9.17, 15) is 9.90 Å². The zero-order chi connectivity index (χ0) is 14.8. The number of hydrogen-bond acceptors (Lipinski definition) is 4. The van der Waals surface area contributed by atoms with Crippen LogP contribution in [0.1, 0.15) is 17.5 Å². The van der Waals surface area contributed by atoms with Crippen molar-refractivity contribution in [3.05, 3.63) is 47.5 Å². The van der Waals surface area contributed by atoms with Crippen LogP contribution in [0.25, 0.3) is 0 Å². The predicted molar refractivity (Wildman–Crippen MR) is 80.2 cm³/mol. The Hall–Kier alpha value is -2.53. The van der Waals surface area contributed by atoms with Crippen molar-refractivity contribution < 1.29 is 14.6 Å². The van der Waals surface area contributed by atoms with Gasteiger partial charge in [0.2, 0.25) is 5.91 Å². The molecule has 0 radical (unpaired) electrons. The summed E-state index contributed by atoms with van der Waals surface area (Å²) in [6.07, 6.45) is 1.15. The minimum Gasteiger partial charge on any atom is -0.455 e. The summed E-state index contributed by atoms with van der Waals surface area (Å²) in [6, 6.07) is 10.8. The molecule has 108 valence electrons. The van der Waals surface area contributed by atoms with Crippen molar-refractivity contribution in [2.45, 2.75) is 19.4 Å². The molecule has 0 aliphatic carbocycles. The predicted octanol–water partition coefficient (Wildman–Crippen LogP) is 2.44. The molecule has 2 aromatic carbocycles. The van der Waals surface area contributed by atoms with E-state index in [-0.39, 0.29) is 12.5 Å². The minimum atomic E-state index is -0.113. The topological polar surface area (TPSA) is 84.6 Å². The second kappa shape index (κ2) is 5.46. The summed E-state index contributed by atoms with van der Waals surface area (Å²) in [5, 5.41) is 12.1. The van der Waals surface area contributed by atoms with E-state index in [2.05, 4.69) is 5.32 Å². The Labute approximate surface area is 122 Å². The smallest absolute Gasteiger partial charge is 0.224 e. The first-order valence-electron chi connectivity index (χ1n) is 6.76. The standard InChI is InChI=1S/C16H16N2O3/c17-12-7-10-5-6-16(20)18-13(10)8-15(12)21-14-4-2-1-3-11(14)9-19/h1-4,7-8,19H,5-6,9,17H2,(H,18,20). The fourth-order valence-electron chi connectivity index (χ4n) is 2.37. The molecule has 1 aliphatic heterocycles. The van der Waals surface area contributed by atoms with Crippen LogP contribution in [0.15, 0.2) is 36.4 Å². The lowest BCUT2D eigenvalue weighted by Gasteiger charge is -2.19. The van der Waals surface area contributed by atoms with E-state index in [0.29, 0.717) is 35.6 Å². The quantitative estimate of drug-likeness (QED) is 0.756. The van der Waals surface area contributed by atoms with Crippen molar-refractivity contribution in [1.82, 2.24) is 0 Å². The number of nitrogens with one attached hydrogen (secondary N) is 1. The Morgan fingerprint density at radius 1 is 1.19 bits per heavy atom. The molecule has 3 rings (SSSR count). The number of ether oxygens (including phenoxy) is 1. The molecular weight excluding hydrogens is 268 g/mol. The number of hydrogen-bond donors (Lipinski definition) is 3. The summed E-state index contributed by atoms with van der Waals surface area (Å²) in [4.78, 5) is 11.5. The van der Waals surface area contributed by atoms with E-state index in [1.165, 1.54) is 0 Å². The van der Waals surface area contributed by atoms with E-state index in [0.717, 1.165) is 11.3 Å². The number of aliphatic hydroxyl groups is 1. The van der Waals surface area contributed by atoms with E-state index in [1.54, 1.807) is 18.2 Å².